The second-order valence-electron chi connectivity index (χ2n) is 9.67. The van der Waals surface area contributed by atoms with Crippen molar-refractivity contribution in [1.29, 1.82) is 0 Å². The molecule has 0 radical (unpaired) electrons. The molecule has 1 fully saturated rings. The summed E-state index contributed by atoms with van der Waals surface area (Å²) in [5.41, 5.74) is 3.19. The Morgan fingerprint density at radius 2 is 1.38 bits per heavy atom. The van der Waals surface area contributed by atoms with Gasteiger partial charge in [0.2, 0.25) is 5.91 Å². The van der Waals surface area contributed by atoms with E-state index >= 15 is 0 Å². The molecule has 200 valence electrons. The van der Waals surface area contributed by atoms with Crippen LogP contribution in [0.1, 0.15) is 22.3 Å². The summed E-state index contributed by atoms with van der Waals surface area (Å²) in [6.07, 6.45) is 4.97. The number of benzene rings is 3. The molecule has 8 heteroatoms. The van der Waals surface area contributed by atoms with Crippen LogP contribution in [-0.4, -0.2) is 64.1 Å². The molecule has 0 aliphatic carbocycles. The third-order valence-electron chi connectivity index (χ3n) is 6.77. The van der Waals surface area contributed by atoms with Gasteiger partial charge in [0.25, 0.3) is 0 Å². The summed E-state index contributed by atoms with van der Waals surface area (Å²) >= 11 is 0. The fourth-order valence-corrected chi connectivity index (χ4v) is 4.69. The molecule has 0 bridgehead atoms. The second-order valence-corrected chi connectivity index (χ2v) is 9.67. The van der Waals surface area contributed by atoms with Gasteiger partial charge in [-0.2, -0.15) is 0 Å². The van der Waals surface area contributed by atoms with Crippen molar-refractivity contribution in [2.24, 2.45) is 0 Å². The molecule has 0 spiro atoms. The zero-order chi connectivity index (χ0) is 27.0. The van der Waals surface area contributed by atoms with Crippen LogP contribution in [0.4, 0.5) is 5.69 Å². The lowest BCUT2D eigenvalue weighted by Crippen LogP contribution is -2.36. The Kier molecular flexibility index (Phi) is 8.36. The molecule has 1 aliphatic heterocycles. The second kappa shape index (κ2) is 12.4. The number of carbonyl (C=O) groups is 2. The van der Waals surface area contributed by atoms with Crippen molar-refractivity contribution >= 4 is 17.6 Å². The van der Waals surface area contributed by atoms with Crippen LogP contribution < -0.4 is 10.1 Å². The summed E-state index contributed by atoms with van der Waals surface area (Å²) in [4.78, 5) is 28.3. The molecule has 39 heavy (non-hydrogen) atoms. The summed E-state index contributed by atoms with van der Waals surface area (Å²) in [5, 5.41) is 12.1. The molecule has 0 atom stereocenters. The highest BCUT2D eigenvalue weighted by molar-refractivity contribution is 5.92. The predicted molar refractivity (Wildman–Crippen MR) is 151 cm³/mol. The van der Waals surface area contributed by atoms with Crippen molar-refractivity contribution in [3.63, 3.8) is 0 Å². The molecule has 2 N–H and O–H groups in total. The van der Waals surface area contributed by atoms with Gasteiger partial charge in [0, 0.05) is 43.4 Å². The lowest BCUT2D eigenvalue weighted by Gasteiger charge is -2.21. The number of carboxylic acids is 1. The van der Waals surface area contributed by atoms with Crippen LogP contribution in [0, 0.1) is 0 Å². The minimum atomic E-state index is -0.913. The van der Waals surface area contributed by atoms with E-state index in [1.54, 1.807) is 12.1 Å². The summed E-state index contributed by atoms with van der Waals surface area (Å²) in [7, 11) is 0. The number of anilines is 1. The van der Waals surface area contributed by atoms with Crippen molar-refractivity contribution < 1.29 is 19.4 Å². The fourth-order valence-electron chi connectivity index (χ4n) is 4.69. The standard InChI is InChI=1S/C31H32N4O4/c36-30(23-34-17-3-16-33(20-21-34)22-24-4-6-25(7-5-24)31(37)38)32-26-8-12-28(13-9-26)39-29-14-10-27(11-15-29)35-18-1-2-19-35/h1-2,4-15,18-19H,3,16-17,20-23H2,(H,32,36)(H,37,38). The first-order valence-corrected chi connectivity index (χ1v) is 13.1. The topological polar surface area (TPSA) is 87.0 Å². The van der Waals surface area contributed by atoms with E-state index in [9.17, 15) is 9.59 Å². The molecule has 2 heterocycles. The molecule has 3 aromatic carbocycles. The number of amides is 1. The van der Waals surface area contributed by atoms with E-state index in [4.69, 9.17) is 9.84 Å². The lowest BCUT2D eigenvalue weighted by atomic mass is 10.1. The van der Waals surface area contributed by atoms with Crippen molar-refractivity contribution in [3.05, 3.63) is 108 Å². The van der Waals surface area contributed by atoms with E-state index in [1.807, 2.05) is 89.8 Å². The Morgan fingerprint density at radius 1 is 0.769 bits per heavy atom. The molecular formula is C31H32N4O4. The average Bonchev–Trinajstić information content (AvgIpc) is 3.40. The van der Waals surface area contributed by atoms with Crippen LogP contribution in [0.5, 0.6) is 11.5 Å². The minimum absolute atomic E-state index is 0.0398. The van der Waals surface area contributed by atoms with Gasteiger partial charge in [-0.3, -0.25) is 14.6 Å². The molecule has 4 aromatic rings. The van der Waals surface area contributed by atoms with Crippen LogP contribution in [0.25, 0.3) is 5.69 Å². The summed E-state index contributed by atoms with van der Waals surface area (Å²) in [5.74, 6) is 0.494. The van der Waals surface area contributed by atoms with Crippen molar-refractivity contribution in [1.82, 2.24) is 14.4 Å². The minimum Gasteiger partial charge on any atom is -0.478 e. The SMILES string of the molecule is O=C(CN1CCCN(Cc2ccc(C(=O)O)cc2)CC1)Nc1ccc(Oc2ccc(-n3cccc3)cc2)cc1. The van der Waals surface area contributed by atoms with Crippen molar-refractivity contribution in [2.45, 2.75) is 13.0 Å². The van der Waals surface area contributed by atoms with Crippen LogP contribution >= 0.6 is 0 Å². The Morgan fingerprint density at radius 3 is 2.05 bits per heavy atom. The lowest BCUT2D eigenvalue weighted by molar-refractivity contribution is -0.117. The van der Waals surface area contributed by atoms with Gasteiger partial charge in [-0.1, -0.05) is 12.1 Å². The monoisotopic (exact) mass is 524 g/mol. The van der Waals surface area contributed by atoms with Gasteiger partial charge >= 0.3 is 5.97 Å². The maximum absolute atomic E-state index is 12.7. The van der Waals surface area contributed by atoms with Gasteiger partial charge in [0.05, 0.1) is 12.1 Å². The van der Waals surface area contributed by atoms with Crippen molar-refractivity contribution in [3.8, 4) is 17.2 Å². The molecule has 5 rings (SSSR count). The average molecular weight is 525 g/mol. The number of aromatic carboxylic acids is 1. The molecule has 1 saturated heterocycles. The molecule has 0 unspecified atom stereocenters. The number of carboxylic acid groups (broad SMARTS) is 1. The normalized spacial score (nSPS) is 14.5. The molecule has 1 aliphatic rings. The van der Waals surface area contributed by atoms with Crippen LogP contribution in [0.3, 0.4) is 0 Å². The van der Waals surface area contributed by atoms with Crippen LogP contribution in [0.2, 0.25) is 0 Å². The summed E-state index contributed by atoms with van der Waals surface area (Å²) in [6.45, 7) is 4.56. The Bertz CT molecular complexity index is 1370. The van der Waals surface area contributed by atoms with E-state index < -0.39 is 5.97 Å². The summed E-state index contributed by atoms with van der Waals surface area (Å²) < 4.78 is 7.99. The number of rotatable bonds is 9. The number of hydrogen-bond donors (Lipinski definition) is 2. The molecule has 0 saturated carbocycles. The number of nitrogens with zero attached hydrogens (tertiary/aromatic N) is 3. The first-order valence-electron chi connectivity index (χ1n) is 13.1. The largest absolute Gasteiger partial charge is 0.478 e. The summed E-state index contributed by atoms with van der Waals surface area (Å²) in [6, 6.07) is 26.3. The van der Waals surface area contributed by atoms with Crippen LogP contribution in [-0.2, 0) is 11.3 Å². The van der Waals surface area contributed by atoms with E-state index in [1.165, 1.54) is 0 Å². The van der Waals surface area contributed by atoms with Gasteiger partial charge in [-0.15, -0.1) is 0 Å². The highest BCUT2D eigenvalue weighted by Gasteiger charge is 2.17. The number of nitrogens with one attached hydrogen (secondary N) is 1. The van der Waals surface area contributed by atoms with Gasteiger partial charge in [0.15, 0.2) is 0 Å². The molecule has 8 nitrogen and oxygen atoms in total. The van der Waals surface area contributed by atoms with Crippen LogP contribution in [0.15, 0.2) is 97.3 Å². The van der Waals surface area contributed by atoms with Gasteiger partial charge in [-0.25, -0.2) is 4.79 Å². The first-order chi connectivity index (χ1) is 19.0. The fraction of sp³-hybridized carbons (Fsp3) is 0.226. The highest BCUT2D eigenvalue weighted by Crippen LogP contribution is 2.24. The number of aromatic nitrogens is 1. The van der Waals surface area contributed by atoms with E-state index in [0.29, 0.717) is 17.9 Å². The maximum atomic E-state index is 12.7. The van der Waals surface area contributed by atoms with Gasteiger partial charge in [-0.05, 0) is 97.9 Å². The Labute approximate surface area is 228 Å². The van der Waals surface area contributed by atoms with Crippen molar-refractivity contribution in [2.75, 3.05) is 38.0 Å². The Balaban J connectivity index is 1.07. The van der Waals surface area contributed by atoms with Gasteiger partial charge in [0.1, 0.15) is 11.5 Å². The quantitative estimate of drug-likeness (QED) is 0.316. The molecular weight excluding hydrogens is 492 g/mol. The predicted octanol–water partition coefficient (Wildman–Crippen LogP) is 5.11. The third kappa shape index (κ3) is 7.34. The van der Waals surface area contributed by atoms with E-state index in [0.717, 1.165) is 61.8 Å². The van der Waals surface area contributed by atoms with Gasteiger partial charge < -0.3 is 19.7 Å². The molecule has 1 aromatic heterocycles. The van der Waals surface area contributed by atoms with E-state index in [2.05, 4.69) is 15.1 Å². The number of ether oxygens (including phenoxy) is 1. The smallest absolute Gasteiger partial charge is 0.335 e. The van der Waals surface area contributed by atoms with E-state index in [-0.39, 0.29) is 5.91 Å². The first kappa shape index (κ1) is 26.2. The number of hydrogen-bond acceptors (Lipinski definition) is 5. The zero-order valence-electron chi connectivity index (χ0n) is 21.7. The number of carbonyl (C=O) groups excluding carboxylic acids is 1. The third-order valence-corrected chi connectivity index (χ3v) is 6.77. The Hall–Kier alpha value is -4.40. The zero-order valence-corrected chi connectivity index (χ0v) is 21.7. The maximum Gasteiger partial charge on any atom is 0.335 e. The highest BCUT2D eigenvalue weighted by atomic mass is 16.5. The molecule has 1 amide bonds.